The smallest absolute Gasteiger partial charge is 0.223 e. The number of aliphatic hydroxyl groups is 1. The third kappa shape index (κ3) is 3.70. The molecule has 2 atom stereocenters. The minimum atomic E-state index is -0.329. The Hall–Kier alpha value is -0.570. The van der Waals surface area contributed by atoms with E-state index in [1.165, 1.54) is 25.7 Å². The second-order valence-corrected chi connectivity index (χ2v) is 5.66. The van der Waals surface area contributed by atoms with Crippen molar-refractivity contribution in [2.24, 2.45) is 5.92 Å². The van der Waals surface area contributed by atoms with E-state index in [2.05, 4.69) is 5.32 Å². The Morgan fingerprint density at radius 1 is 0.882 bits per heavy atom. The summed E-state index contributed by atoms with van der Waals surface area (Å²) in [6.07, 6.45) is 10.6. The molecule has 3 nitrogen and oxygen atoms in total. The van der Waals surface area contributed by atoms with Gasteiger partial charge in [-0.3, -0.25) is 4.79 Å². The van der Waals surface area contributed by atoms with Crippen molar-refractivity contribution in [3.05, 3.63) is 0 Å². The lowest BCUT2D eigenvalue weighted by atomic mass is 9.88. The molecule has 0 heterocycles. The van der Waals surface area contributed by atoms with E-state index in [0.29, 0.717) is 0 Å². The number of amides is 1. The monoisotopic (exact) mass is 239 g/mol. The molecule has 0 aromatic rings. The van der Waals surface area contributed by atoms with Crippen LogP contribution in [0.25, 0.3) is 0 Å². The number of aliphatic hydroxyl groups excluding tert-OH is 1. The van der Waals surface area contributed by atoms with Gasteiger partial charge in [0.15, 0.2) is 0 Å². The van der Waals surface area contributed by atoms with Crippen LogP contribution in [-0.2, 0) is 4.79 Å². The molecule has 98 valence electrons. The molecule has 17 heavy (non-hydrogen) atoms. The van der Waals surface area contributed by atoms with Crippen LogP contribution in [0, 0.1) is 5.92 Å². The third-order valence-electron chi connectivity index (χ3n) is 4.28. The summed E-state index contributed by atoms with van der Waals surface area (Å²) < 4.78 is 0. The van der Waals surface area contributed by atoms with Gasteiger partial charge in [-0.1, -0.05) is 38.5 Å². The quantitative estimate of drug-likeness (QED) is 0.727. The largest absolute Gasteiger partial charge is 0.391 e. The summed E-state index contributed by atoms with van der Waals surface area (Å²) in [5, 5.41) is 13.1. The predicted octanol–water partition coefficient (Wildman–Crippen LogP) is 2.38. The second kappa shape index (κ2) is 6.39. The first kappa shape index (κ1) is 12.9. The molecule has 2 rings (SSSR count). The maximum atomic E-state index is 12.1. The highest BCUT2D eigenvalue weighted by molar-refractivity contribution is 5.79. The van der Waals surface area contributed by atoms with Gasteiger partial charge >= 0.3 is 0 Å². The Labute approximate surface area is 104 Å². The van der Waals surface area contributed by atoms with Crippen molar-refractivity contribution in [3.8, 4) is 0 Å². The van der Waals surface area contributed by atoms with Crippen molar-refractivity contribution in [2.75, 3.05) is 0 Å². The van der Waals surface area contributed by atoms with Crippen molar-refractivity contribution >= 4 is 5.91 Å². The maximum absolute atomic E-state index is 12.1. The molecule has 3 heteroatoms. The summed E-state index contributed by atoms with van der Waals surface area (Å²) >= 11 is 0. The summed E-state index contributed by atoms with van der Waals surface area (Å²) in [6.45, 7) is 0. The molecule has 1 amide bonds. The highest BCUT2D eigenvalue weighted by Gasteiger charge is 2.27. The van der Waals surface area contributed by atoms with Gasteiger partial charge in [0.1, 0.15) is 0 Å². The molecule has 0 aliphatic heterocycles. The minimum Gasteiger partial charge on any atom is -0.391 e. The summed E-state index contributed by atoms with van der Waals surface area (Å²) in [5.41, 5.74) is 0. The van der Waals surface area contributed by atoms with Crippen molar-refractivity contribution in [2.45, 2.75) is 76.4 Å². The van der Waals surface area contributed by atoms with Crippen LogP contribution >= 0.6 is 0 Å². The Balaban J connectivity index is 1.83. The zero-order chi connectivity index (χ0) is 12.1. The van der Waals surface area contributed by atoms with Crippen LogP contribution in [-0.4, -0.2) is 23.2 Å². The average molecular weight is 239 g/mol. The van der Waals surface area contributed by atoms with Gasteiger partial charge in [0.2, 0.25) is 5.91 Å². The van der Waals surface area contributed by atoms with E-state index in [4.69, 9.17) is 0 Å². The normalized spacial score (nSPS) is 31.8. The van der Waals surface area contributed by atoms with E-state index in [1.807, 2.05) is 0 Å². The Kier molecular flexibility index (Phi) is 4.84. The molecule has 2 aliphatic carbocycles. The lowest BCUT2D eigenvalue weighted by Crippen LogP contribution is -2.45. The first-order chi connectivity index (χ1) is 8.27. The molecular weight excluding hydrogens is 214 g/mol. The van der Waals surface area contributed by atoms with E-state index in [1.54, 1.807) is 0 Å². The molecule has 0 aromatic heterocycles. The Morgan fingerprint density at radius 2 is 1.47 bits per heavy atom. The molecule has 2 aliphatic rings. The zero-order valence-electron chi connectivity index (χ0n) is 10.7. The second-order valence-electron chi connectivity index (χ2n) is 5.66. The van der Waals surface area contributed by atoms with Gasteiger partial charge in [-0.2, -0.15) is 0 Å². The van der Waals surface area contributed by atoms with Crippen molar-refractivity contribution < 1.29 is 9.90 Å². The third-order valence-corrected chi connectivity index (χ3v) is 4.28. The van der Waals surface area contributed by atoms with Crippen LogP contribution in [0.15, 0.2) is 0 Å². The fourth-order valence-corrected chi connectivity index (χ4v) is 3.12. The van der Waals surface area contributed by atoms with Crippen molar-refractivity contribution in [1.29, 1.82) is 0 Å². The van der Waals surface area contributed by atoms with Crippen molar-refractivity contribution in [3.63, 3.8) is 0 Å². The standard InChI is InChI=1S/C14H25NO2/c16-13-10-6-2-5-9-12(13)15-14(17)11-7-3-1-4-8-11/h11-13,16H,1-10H2,(H,15,17). The zero-order valence-corrected chi connectivity index (χ0v) is 10.7. The van der Waals surface area contributed by atoms with E-state index >= 15 is 0 Å². The summed E-state index contributed by atoms with van der Waals surface area (Å²) in [7, 11) is 0. The highest BCUT2D eigenvalue weighted by atomic mass is 16.3. The maximum Gasteiger partial charge on any atom is 0.223 e. The number of hydrogen-bond donors (Lipinski definition) is 2. The van der Waals surface area contributed by atoms with E-state index < -0.39 is 0 Å². The average Bonchev–Trinajstić information content (AvgIpc) is 2.56. The van der Waals surface area contributed by atoms with Crippen LogP contribution < -0.4 is 5.32 Å². The van der Waals surface area contributed by atoms with Gasteiger partial charge in [-0.15, -0.1) is 0 Å². The molecule has 0 aromatic carbocycles. The number of rotatable bonds is 2. The summed E-state index contributed by atoms with van der Waals surface area (Å²) in [6, 6.07) is 0.00641. The fourth-order valence-electron chi connectivity index (χ4n) is 3.12. The fraction of sp³-hybridized carbons (Fsp3) is 0.929. The number of nitrogens with one attached hydrogen (secondary N) is 1. The molecule has 0 radical (unpaired) electrons. The van der Waals surface area contributed by atoms with Crippen LogP contribution in [0.4, 0.5) is 0 Å². The molecule has 2 fully saturated rings. The number of hydrogen-bond acceptors (Lipinski definition) is 2. The Bertz CT molecular complexity index is 249. The molecule has 0 bridgehead atoms. The van der Waals surface area contributed by atoms with Gasteiger partial charge < -0.3 is 10.4 Å². The van der Waals surface area contributed by atoms with Gasteiger partial charge in [0.25, 0.3) is 0 Å². The lowest BCUT2D eigenvalue weighted by molar-refractivity contribution is -0.127. The SMILES string of the molecule is O=C(NC1CCCCCC1O)C1CCCCC1. The first-order valence-corrected chi connectivity index (χ1v) is 7.26. The number of carbonyl (C=O) groups excluding carboxylic acids is 1. The minimum absolute atomic E-state index is 0.00641. The summed E-state index contributed by atoms with van der Waals surface area (Å²) in [4.78, 5) is 12.1. The first-order valence-electron chi connectivity index (χ1n) is 7.26. The molecular formula is C14H25NO2. The van der Waals surface area contributed by atoms with Crippen LogP contribution in [0.3, 0.4) is 0 Å². The molecule has 0 saturated heterocycles. The van der Waals surface area contributed by atoms with Crippen LogP contribution in [0.2, 0.25) is 0 Å². The van der Waals surface area contributed by atoms with Crippen LogP contribution in [0.5, 0.6) is 0 Å². The topological polar surface area (TPSA) is 49.3 Å². The number of carbonyl (C=O) groups is 1. The summed E-state index contributed by atoms with van der Waals surface area (Å²) in [5.74, 6) is 0.398. The van der Waals surface area contributed by atoms with Gasteiger partial charge in [0.05, 0.1) is 12.1 Å². The lowest BCUT2D eigenvalue weighted by Gasteiger charge is -2.26. The predicted molar refractivity (Wildman–Crippen MR) is 67.6 cm³/mol. The van der Waals surface area contributed by atoms with Gasteiger partial charge in [-0.25, -0.2) is 0 Å². The Morgan fingerprint density at radius 3 is 2.18 bits per heavy atom. The molecule has 0 spiro atoms. The molecule has 2 N–H and O–H groups in total. The highest BCUT2D eigenvalue weighted by Crippen LogP contribution is 2.25. The van der Waals surface area contributed by atoms with E-state index in [0.717, 1.165) is 38.5 Å². The molecule has 2 unspecified atom stereocenters. The van der Waals surface area contributed by atoms with Crippen LogP contribution in [0.1, 0.15) is 64.2 Å². The van der Waals surface area contributed by atoms with E-state index in [-0.39, 0.29) is 24.0 Å². The molecule has 2 saturated carbocycles. The van der Waals surface area contributed by atoms with Gasteiger partial charge in [0, 0.05) is 5.92 Å². The van der Waals surface area contributed by atoms with Gasteiger partial charge in [-0.05, 0) is 25.7 Å². The van der Waals surface area contributed by atoms with Crippen molar-refractivity contribution in [1.82, 2.24) is 5.32 Å². The van der Waals surface area contributed by atoms with E-state index in [9.17, 15) is 9.90 Å².